The van der Waals surface area contributed by atoms with Gasteiger partial charge in [-0.2, -0.15) is 0 Å². The van der Waals surface area contributed by atoms with Crippen LogP contribution in [-0.4, -0.2) is 12.2 Å². The lowest BCUT2D eigenvalue weighted by Crippen LogP contribution is -2.03. The van der Waals surface area contributed by atoms with Crippen LogP contribution in [0.1, 0.15) is 15.9 Å². The van der Waals surface area contributed by atoms with Gasteiger partial charge in [-0.25, -0.2) is 4.39 Å². The molecule has 2 aromatic rings. The number of fused-ring (bicyclic) bond motifs is 1. The highest BCUT2D eigenvalue weighted by Crippen LogP contribution is 2.31. The number of carbonyl (C=O) groups is 2. The molecule has 3 rings (SSSR count). The minimum absolute atomic E-state index is 0.0729. The maximum atomic E-state index is 13.9. The van der Waals surface area contributed by atoms with Crippen LogP contribution in [0.5, 0.6) is 0 Å². The first kappa shape index (κ1) is 11.6. The lowest BCUT2D eigenvalue weighted by molar-refractivity contribution is -0.115. The molecule has 0 aromatic heterocycles. The second kappa shape index (κ2) is 4.31. The van der Waals surface area contributed by atoms with E-state index in [4.69, 9.17) is 0 Å². The topological polar surface area (TPSA) is 46.2 Å². The largest absolute Gasteiger partial charge is 0.326 e. The maximum absolute atomic E-state index is 13.9. The van der Waals surface area contributed by atoms with Crippen LogP contribution >= 0.6 is 0 Å². The van der Waals surface area contributed by atoms with Crippen LogP contribution in [0.15, 0.2) is 36.4 Å². The quantitative estimate of drug-likeness (QED) is 0.839. The molecule has 0 saturated heterocycles. The minimum atomic E-state index is -0.443. The van der Waals surface area contributed by atoms with Crippen molar-refractivity contribution in [1.82, 2.24) is 0 Å². The van der Waals surface area contributed by atoms with Crippen LogP contribution in [0, 0.1) is 5.82 Å². The van der Waals surface area contributed by atoms with Gasteiger partial charge in [0.05, 0.1) is 6.42 Å². The first-order valence-electron chi connectivity index (χ1n) is 5.86. The monoisotopic (exact) mass is 255 g/mol. The first-order valence-corrected chi connectivity index (χ1v) is 5.86. The number of carbonyl (C=O) groups excluding carboxylic acids is 2. The van der Waals surface area contributed by atoms with Crippen LogP contribution < -0.4 is 5.32 Å². The Kier molecular flexibility index (Phi) is 2.63. The minimum Gasteiger partial charge on any atom is -0.326 e. The van der Waals surface area contributed by atoms with Crippen molar-refractivity contribution in [2.75, 3.05) is 5.32 Å². The SMILES string of the molecule is O=Cc1cccc(F)c1-c1ccc2c(c1)CC(=O)N2. The molecule has 0 fully saturated rings. The van der Waals surface area contributed by atoms with Crippen LogP contribution in [0.25, 0.3) is 11.1 Å². The number of amides is 1. The van der Waals surface area contributed by atoms with Gasteiger partial charge < -0.3 is 5.32 Å². The third-order valence-corrected chi connectivity index (χ3v) is 3.19. The van der Waals surface area contributed by atoms with Crippen molar-refractivity contribution < 1.29 is 14.0 Å². The average Bonchev–Trinajstić information content (AvgIpc) is 2.77. The fourth-order valence-corrected chi connectivity index (χ4v) is 2.33. The second-order valence-electron chi connectivity index (χ2n) is 4.42. The summed E-state index contributed by atoms with van der Waals surface area (Å²) in [5.41, 5.74) is 2.76. The summed E-state index contributed by atoms with van der Waals surface area (Å²) in [6.45, 7) is 0. The van der Waals surface area contributed by atoms with Gasteiger partial charge in [0.15, 0.2) is 6.29 Å². The molecule has 0 unspecified atom stereocenters. The van der Waals surface area contributed by atoms with Crippen molar-refractivity contribution in [2.24, 2.45) is 0 Å². The van der Waals surface area contributed by atoms with Crippen LogP contribution in [0.2, 0.25) is 0 Å². The Labute approximate surface area is 109 Å². The van der Waals surface area contributed by atoms with Crippen LogP contribution in [0.4, 0.5) is 10.1 Å². The Bertz CT molecular complexity index is 695. The maximum Gasteiger partial charge on any atom is 0.228 e. The molecule has 3 nitrogen and oxygen atoms in total. The summed E-state index contributed by atoms with van der Waals surface area (Å²) >= 11 is 0. The number of anilines is 1. The standard InChI is InChI=1S/C15H10FNO2/c16-12-3-1-2-10(8-18)15(12)9-4-5-13-11(6-9)7-14(19)17-13/h1-6,8H,7H2,(H,17,19). The molecule has 1 amide bonds. The molecule has 0 radical (unpaired) electrons. The van der Waals surface area contributed by atoms with E-state index in [0.717, 1.165) is 11.3 Å². The predicted octanol–water partition coefficient (Wildman–Crippen LogP) is 2.80. The highest BCUT2D eigenvalue weighted by molar-refractivity contribution is 6.00. The molecule has 0 saturated carbocycles. The summed E-state index contributed by atoms with van der Waals surface area (Å²) in [4.78, 5) is 22.3. The lowest BCUT2D eigenvalue weighted by atomic mass is 9.97. The van der Waals surface area contributed by atoms with Gasteiger partial charge in [0, 0.05) is 16.8 Å². The van der Waals surface area contributed by atoms with E-state index in [9.17, 15) is 14.0 Å². The molecule has 1 N–H and O–H groups in total. The van der Waals surface area contributed by atoms with E-state index in [-0.39, 0.29) is 17.9 Å². The Morgan fingerprint density at radius 2 is 2.05 bits per heavy atom. The molecule has 94 valence electrons. The number of aldehydes is 1. The fourth-order valence-electron chi connectivity index (χ4n) is 2.33. The number of hydrogen-bond donors (Lipinski definition) is 1. The Balaban J connectivity index is 2.16. The van der Waals surface area contributed by atoms with Crippen molar-refractivity contribution >= 4 is 17.9 Å². The average molecular weight is 255 g/mol. The molecule has 0 aliphatic carbocycles. The molecule has 4 heteroatoms. The summed E-state index contributed by atoms with van der Waals surface area (Å²) in [5.74, 6) is -0.516. The van der Waals surface area contributed by atoms with E-state index in [1.165, 1.54) is 12.1 Å². The zero-order chi connectivity index (χ0) is 13.4. The third-order valence-electron chi connectivity index (χ3n) is 3.19. The van der Waals surface area contributed by atoms with Gasteiger partial charge in [-0.15, -0.1) is 0 Å². The van der Waals surface area contributed by atoms with Gasteiger partial charge >= 0.3 is 0 Å². The number of benzene rings is 2. The molecule has 1 heterocycles. The predicted molar refractivity (Wildman–Crippen MR) is 69.6 cm³/mol. The number of hydrogen-bond acceptors (Lipinski definition) is 2. The van der Waals surface area contributed by atoms with Crippen molar-refractivity contribution in [3.8, 4) is 11.1 Å². The Morgan fingerprint density at radius 1 is 1.21 bits per heavy atom. The van der Waals surface area contributed by atoms with Gasteiger partial charge in [0.25, 0.3) is 0 Å². The van der Waals surface area contributed by atoms with E-state index < -0.39 is 5.82 Å². The molecular weight excluding hydrogens is 245 g/mol. The summed E-state index contributed by atoms with van der Waals surface area (Å²) < 4.78 is 13.9. The number of rotatable bonds is 2. The van der Waals surface area contributed by atoms with Gasteiger partial charge in [0.2, 0.25) is 5.91 Å². The molecule has 1 aliphatic heterocycles. The fraction of sp³-hybridized carbons (Fsp3) is 0.0667. The van der Waals surface area contributed by atoms with E-state index in [0.29, 0.717) is 17.4 Å². The summed E-state index contributed by atoms with van der Waals surface area (Å²) in [6, 6.07) is 9.58. The molecule has 0 bridgehead atoms. The number of halogens is 1. The van der Waals surface area contributed by atoms with Crippen molar-refractivity contribution in [3.63, 3.8) is 0 Å². The molecule has 0 spiro atoms. The second-order valence-corrected chi connectivity index (χ2v) is 4.42. The normalized spacial score (nSPS) is 13.0. The van der Waals surface area contributed by atoms with Crippen LogP contribution in [-0.2, 0) is 11.2 Å². The van der Waals surface area contributed by atoms with Gasteiger partial charge in [-0.3, -0.25) is 9.59 Å². The highest BCUT2D eigenvalue weighted by atomic mass is 19.1. The summed E-state index contributed by atoms with van der Waals surface area (Å²) in [5, 5.41) is 2.72. The smallest absolute Gasteiger partial charge is 0.228 e. The van der Waals surface area contributed by atoms with E-state index >= 15 is 0 Å². The first-order chi connectivity index (χ1) is 9.19. The molecule has 2 aromatic carbocycles. The third kappa shape index (κ3) is 1.91. The lowest BCUT2D eigenvalue weighted by Gasteiger charge is -2.08. The van der Waals surface area contributed by atoms with Gasteiger partial charge in [-0.1, -0.05) is 18.2 Å². The van der Waals surface area contributed by atoms with E-state index in [1.54, 1.807) is 24.3 Å². The van der Waals surface area contributed by atoms with Gasteiger partial charge in [-0.05, 0) is 29.3 Å². The van der Waals surface area contributed by atoms with E-state index in [2.05, 4.69) is 5.32 Å². The van der Waals surface area contributed by atoms with Crippen molar-refractivity contribution in [3.05, 3.63) is 53.3 Å². The summed E-state index contributed by atoms with van der Waals surface area (Å²) in [6.07, 6.45) is 0.920. The zero-order valence-electron chi connectivity index (χ0n) is 9.94. The Morgan fingerprint density at radius 3 is 2.84 bits per heavy atom. The van der Waals surface area contributed by atoms with E-state index in [1.807, 2.05) is 0 Å². The van der Waals surface area contributed by atoms with Crippen LogP contribution in [0.3, 0.4) is 0 Å². The van der Waals surface area contributed by atoms with Crippen molar-refractivity contribution in [2.45, 2.75) is 6.42 Å². The molecular formula is C15H10FNO2. The van der Waals surface area contributed by atoms with Gasteiger partial charge in [0.1, 0.15) is 5.82 Å². The zero-order valence-corrected chi connectivity index (χ0v) is 9.94. The molecule has 19 heavy (non-hydrogen) atoms. The molecule has 0 atom stereocenters. The molecule has 1 aliphatic rings. The highest BCUT2D eigenvalue weighted by Gasteiger charge is 2.19. The van der Waals surface area contributed by atoms with Crippen molar-refractivity contribution in [1.29, 1.82) is 0 Å². The summed E-state index contributed by atoms with van der Waals surface area (Å²) in [7, 11) is 0. The Hall–Kier alpha value is -2.49. The number of nitrogens with one attached hydrogen (secondary N) is 1.